The quantitative estimate of drug-likeness (QED) is 0.479. The minimum Gasteiger partial charge on any atom is -0.481 e. The molecule has 0 radical (unpaired) electrons. The molecule has 5 N–H and O–H groups in total. The van der Waals surface area contributed by atoms with E-state index in [9.17, 15) is 29.4 Å². The van der Waals surface area contributed by atoms with Crippen molar-refractivity contribution in [2.45, 2.75) is 54.5 Å². The van der Waals surface area contributed by atoms with Gasteiger partial charge in [0.15, 0.2) is 0 Å². The molecule has 2 unspecified atom stereocenters. The fraction of sp³-hybridized carbons (Fsp3) is 0.632. The van der Waals surface area contributed by atoms with Gasteiger partial charge in [-0.05, 0) is 17.8 Å². The Morgan fingerprint density at radius 2 is 1.59 bits per heavy atom. The summed E-state index contributed by atoms with van der Waals surface area (Å²) in [6.07, 6.45) is 0. The van der Waals surface area contributed by atoms with E-state index < -0.39 is 52.2 Å². The van der Waals surface area contributed by atoms with Crippen molar-refractivity contribution in [3.05, 3.63) is 22.1 Å². The molecule has 0 bridgehead atoms. The Morgan fingerprint density at radius 1 is 1.03 bits per heavy atom. The third kappa shape index (κ3) is 6.58. The summed E-state index contributed by atoms with van der Waals surface area (Å²) >= 11 is 0. The average Bonchev–Trinajstić information content (AvgIpc) is 2.46. The number of carbonyl (C=O) groups excluding carboxylic acids is 1. The number of aromatic amines is 1. The number of nitrogens with one attached hydrogen (secondary N) is 3. The third-order valence-electron chi connectivity index (χ3n) is 4.58. The third-order valence-corrected chi connectivity index (χ3v) is 4.58. The van der Waals surface area contributed by atoms with Gasteiger partial charge in [-0.25, -0.2) is 9.59 Å². The Balaban J connectivity index is 3.28. The summed E-state index contributed by atoms with van der Waals surface area (Å²) in [5.41, 5.74) is -1.64. The lowest BCUT2D eigenvalue weighted by molar-refractivity contribution is -0.155. The van der Waals surface area contributed by atoms with Crippen LogP contribution in [0, 0.1) is 29.6 Å². The van der Waals surface area contributed by atoms with E-state index in [1.54, 1.807) is 48.5 Å². The molecule has 10 heteroatoms. The zero-order valence-electron chi connectivity index (χ0n) is 17.8. The van der Waals surface area contributed by atoms with Crippen LogP contribution in [0.25, 0.3) is 0 Å². The molecule has 1 aromatic heterocycles. The number of aliphatic carboxylic acids is 2. The van der Waals surface area contributed by atoms with Crippen molar-refractivity contribution in [1.82, 2.24) is 15.3 Å². The maximum absolute atomic E-state index is 12.4. The van der Waals surface area contributed by atoms with Crippen molar-refractivity contribution in [2.24, 2.45) is 22.7 Å². The van der Waals surface area contributed by atoms with E-state index in [-0.39, 0.29) is 5.95 Å². The van der Waals surface area contributed by atoms with Crippen molar-refractivity contribution >= 4 is 23.9 Å². The van der Waals surface area contributed by atoms with E-state index in [0.29, 0.717) is 5.69 Å². The lowest BCUT2D eigenvalue weighted by Crippen LogP contribution is -2.57. The Hall–Kier alpha value is -2.91. The molecule has 10 nitrogen and oxygen atoms in total. The van der Waals surface area contributed by atoms with Gasteiger partial charge >= 0.3 is 18.0 Å². The van der Waals surface area contributed by atoms with Gasteiger partial charge in [-0.3, -0.25) is 14.9 Å². The highest BCUT2D eigenvalue weighted by Gasteiger charge is 2.50. The van der Waals surface area contributed by atoms with E-state index in [2.05, 4.69) is 20.6 Å². The number of aromatic nitrogens is 2. The number of nitrogens with zero attached hydrogens (tertiary/aromatic N) is 1. The molecular weight excluding hydrogens is 380 g/mol. The monoisotopic (exact) mass is 410 g/mol. The summed E-state index contributed by atoms with van der Waals surface area (Å²) in [4.78, 5) is 54.3. The molecule has 0 spiro atoms. The number of amides is 2. The SMILES string of the molecule is Cc1cc(=O)nc(NC(=O)N[C@H](C(=O)O)C(C(C(=O)O)C(C)(C)C)C(C)(C)C)[nH]1. The number of carboxylic acids is 2. The number of aryl methyl sites for hydroxylation is 1. The van der Waals surface area contributed by atoms with Crippen LogP contribution in [-0.2, 0) is 9.59 Å². The topological polar surface area (TPSA) is 161 Å². The summed E-state index contributed by atoms with van der Waals surface area (Å²) in [7, 11) is 0. The Labute approximate surface area is 169 Å². The highest BCUT2D eigenvalue weighted by molar-refractivity contribution is 5.91. The molecule has 0 aliphatic heterocycles. The number of urea groups is 1. The summed E-state index contributed by atoms with van der Waals surface area (Å²) in [6, 6.07) is -1.18. The van der Waals surface area contributed by atoms with Crippen LogP contribution < -0.4 is 16.2 Å². The van der Waals surface area contributed by atoms with Gasteiger partial charge in [0.2, 0.25) is 5.95 Å². The number of carboxylic acid groups (broad SMARTS) is 2. The van der Waals surface area contributed by atoms with Crippen LogP contribution in [0.4, 0.5) is 10.7 Å². The van der Waals surface area contributed by atoms with Crippen molar-refractivity contribution < 1.29 is 24.6 Å². The molecule has 29 heavy (non-hydrogen) atoms. The highest BCUT2D eigenvalue weighted by Crippen LogP contribution is 2.43. The van der Waals surface area contributed by atoms with E-state index in [1.165, 1.54) is 6.07 Å². The Morgan fingerprint density at radius 3 is 1.97 bits per heavy atom. The van der Waals surface area contributed by atoms with E-state index in [1.807, 2.05) is 0 Å². The van der Waals surface area contributed by atoms with Crippen LogP contribution in [-0.4, -0.2) is 44.2 Å². The first-order valence-electron chi connectivity index (χ1n) is 9.15. The zero-order chi connectivity index (χ0) is 22.7. The smallest absolute Gasteiger partial charge is 0.326 e. The number of rotatable bonds is 6. The predicted octanol–water partition coefficient (Wildman–Crippen LogP) is 2.06. The van der Waals surface area contributed by atoms with Crippen LogP contribution in [0.3, 0.4) is 0 Å². The molecular formula is C19H30N4O6. The standard InChI is InChI=1S/C19H30N4O6/c1-9-8-10(24)21-16(20-9)23-17(29)22-13(15(27)28)11(18(2,3)4)12(14(25)26)19(5,6)7/h8,11-13H,1-7H3,(H,25,26)(H,27,28)(H3,20,21,22,23,24,29)/t11?,12?,13-/m0/s1. The molecule has 1 rings (SSSR count). The van der Waals surface area contributed by atoms with Gasteiger partial charge in [-0.2, -0.15) is 4.98 Å². The van der Waals surface area contributed by atoms with E-state index in [0.717, 1.165) is 0 Å². The van der Waals surface area contributed by atoms with Gasteiger partial charge in [-0.1, -0.05) is 41.5 Å². The van der Waals surface area contributed by atoms with Gasteiger partial charge in [0.25, 0.3) is 5.56 Å². The zero-order valence-corrected chi connectivity index (χ0v) is 17.8. The predicted molar refractivity (Wildman–Crippen MR) is 107 cm³/mol. The lowest BCUT2D eigenvalue weighted by Gasteiger charge is -2.44. The second kappa shape index (κ2) is 8.62. The number of anilines is 1. The Bertz CT molecular complexity index is 834. The maximum Gasteiger partial charge on any atom is 0.326 e. The molecule has 0 fully saturated rings. The van der Waals surface area contributed by atoms with Crippen LogP contribution >= 0.6 is 0 Å². The van der Waals surface area contributed by atoms with Gasteiger partial charge in [-0.15, -0.1) is 0 Å². The first-order chi connectivity index (χ1) is 13.0. The second-order valence-corrected chi connectivity index (χ2v) is 9.24. The van der Waals surface area contributed by atoms with Gasteiger partial charge in [0.1, 0.15) is 6.04 Å². The van der Waals surface area contributed by atoms with Gasteiger partial charge in [0, 0.05) is 17.7 Å². The van der Waals surface area contributed by atoms with Crippen molar-refractivity contribution in [2.75, 3.05) is 5.32 Å². The van der Waals surface area contributed by atoms with Crippen LogP contribution in [0.1, 0.15) is 47.2 Å². The fourth-order valence-electron chi connectivity index (χ4n) is 3.48. The minimum atomic E-state index is -1.49. The molecule has 2 amide bonds. The molecule has 0 aromatic carbocycles. The van der Waals surface area contributed by atoms with Crippen LogP contribution in [0.15, 0.2) is 10.9 Å². The average molecular weight is 410 g/mol. The van der Waals surface area contributed by atoms with Crippen LogP contribution in [0.2, 0.25) is 0 Å². The van der Waals surface area contributed by atoms with Crippen molar-refractivity contribution in [1.29, 1.82) is 0 Å². The number of carbonyl (C=O) groups is 3. The van der Waals surface area contributed by atoms with Crippen LogP contribution in [0.5, 0.6) is 0 Å². The Kier molecular flexibility index (Phi) is 7.18. The summed E-state index contributed by atoms with van der Waals surface area (Å²) in [5, 5.41) is 24.3. The largest absolute Gasteiger partial charge is 0.481 e. The van der Waals surface area contributed by atoms with Crippen molar-refractivity contribution in [3.8, 4) is 0 Å². The fourth-order valence-corrected chi connectivity index (χ4v) is 3.48. The second-order valence-electron chi connectivity index (χ2n) is 9.24. The molecule has 0 saturated heterocycles. The van der Waals surface area contributed by atoms with E-state index >= 15 is 0 Å². The summed E-state index contributed by atoms with van der Waals surface area (Å²) in [6.45, 7) is 11.9. The molecule has 1 aromatic rings. The molecule has 0 saturated carbocycles. The summed E-state index contributed by atoms with van der Waals surface area (Å²) < 4.78 is 0. The molecule has 0 aliphatic carbocycles. The normalized spacial score (nSPS) is 15.1. The minimum absolute atomic E-state index is 0.144. The maximum atomic E-state index is 12.4. The van der Waals surface area contributed by atoms with Gasteiger partial charge in [0.05, 0.1) is 5.92 Å². The summed E-state index contributed by atoms with van der Waals surface area (Å²) in [5.74, 6) is -4.64. The highest BCUT2D eigenvalue weighted by atomic mass is 16.4. The molecule has 0 aliphatic rings. The first-order valence-corrected chi connectivity index (χ1v) is 9.15. The van der Waals surface area contributed by atoms with E-state index in [4.69, 9.17) is 0 Å². The number of hydrogen-bond donors (Lipinski definition) is 5. The number of hydrogen-bond acceptors (Lipinski definition) is 5. The number of H-pyrrole nitrogens is 1. The molecule has 162 valence electrons. The molecule has 3 atom stereocenters. The first kappa shape index (κ1) is 24.1. The van der Waals surface area contributed by atoms with Crippen molar-refractivity contribution in [3.63, 3.8) is 0 Å². The van der Waals surface area contributed by atoms with Gasteiger partial charge < -0.3 is 20.5 Å². The lowest BCUT2D eigenvalue weighted by atomic mass is 9.61. The molecule has 1 heterocycles.